The maximum atomic E-state index is 12.3. The largest absolute Gasteiger partial charge is 0.465 e. The summed E-state index contributed by atoms with van der Waals surface area (Å²) in [5, 5.41) is 3.52. The Bertz CT molecular complexity index is 619. The number of amides is 1. The van der Waals surface area contributed by atoms with Crippen LogP contribution >= 0.6 is 22.9 Å². The highest BCUT2D eigenvalue weighted by Gasteiger charge is 2.34. The van der Waals surface area contributed by atoms with Gasteiger partial charge < -0.3 is 10.1 Å². The molecule has 0 saturated carbocycles. The predicted octanol–water partition coefficient (Wildman–Crippen LogP) is 4.64. The lowest BCUT2D eigenvalue weighted by Crippen LogP contribution is -2.26. The molecule has 24 heavy (non-hydrogen) atoms. The molecule has 1 unspecified atom stereocenters. The van der Waals surface area contributed by atoms with Crippen LogP contribution in [0.4, 0.5) is 5.00 Å². The quantitative estimate of drug-likeness (QED) is 0.605. The van der Waals surface area contributed by atoms with E-state index >= 15 is 0 Å². The Balaban J connectivity index is 2.30. The van der Waals surface area contributed by atoms with E-state index in [2.05, 4.69) is 26.1 Å². The Kier molecular flexibility index (Phi) is 6.32. The normalized spacial score (nSPS) is 17.3. The number of fused-ring (bicyclic) bond motifs is 1. The Morgan fingerprint density at radius 1 is 1.38 bits per heavy atom. The minimum absolute atomic E-state index is 0.105. The SMILES string of the molecule is COC(=O)c1c(NC(=O)CCCCl)sc2c1CCC(C(C)(C)C)C2. The van der Waals surface area contributed by atoms with E-state index in [1.54, 1.807) is 0 Å². The first-order valence-corrected chi connectivity index (χ1v) is 9.71. The van der Waals surface area contributed by atoms with Gasteiger partial charge in [0, 0.05) is 17.2 Å². The van der Waals surface area contributed by atoms with Crippen molar-refractivity contribution in [2.24, 2.45) is 11.3 Å². The molecule has 134 valence electrons. The number of rotatable bonds is 5. The number of hydrogen-bond donors (Lipinski definition) is 1. The zero-order chi connectivity index (χ0) is 17.9. The molecule has 1 aliphatic rings. The molecule has 0 radical (unpaired) electrons. The summed E-state index contributed by atoms with van der Waals surface area (Å²) in [5.74, 6) is 0.556. The summed E-state index contributed by atoms with van der Waals surface area (Å²) in [5.41, 5.74) is 1.83. The van der Waals surface area contributed by atoms with Gasteiger partial charge >= 0.3 is 5.97 Å². The number of carbonyl (C=O) groups is 2. The van der Waals surface area contributed by atoms with Gasteiger partial charge in [-0.15, -0.1) is 22.9 Å². The second-order valence-corrected chi connectivity index (χ2v) is 8.83. The van der Waals surface area contributed by atoms with Crippen molar-refractivity contribution in [3.63, 3.8) is 0 Å². The average Bonchev–Trinajstić information content (AvgIpc) is 2.88. The number of halogens is 1. The van der Waals surface area contributed by atoms with E-state index in [4.69, 9.17) is 16.3 Å². The maximum Gasteiger partial charge on any atom is 0.341 e. The zero-order valence-electron chi connectivity index (χ0n) is 14.8. The predicted molar refractivity (Wildman–Crippen MR) is 99.2 cm³/mol. The first-order valence-electron chi connectivity index (χ1n) is 8.36. The lowest BCUT2D eigenvalue weighted by atomic mass is 9.72. The summed E-state index contributed by atoms with van der Waals surface area (Å²) < 4.78 is 4.95. The third kappa shape index (κ3) is 4.31. The fourth-order valence-corrected chi connectivity index (χ4v) is 4.61. The minimum atomic E-state index is -0.366. The van der Waals surface area contributed by atoms with Crippen LogP contribution in [0.3, 0.4) is 0 Å². The molecule has 0 aliphatic heterocycles. The van der Waals surface area contributed by atoms with E-state index in [0.717, 1.165) is 24.8 Å². The van der Waals surface area contributed by atoms with Crippen molar-refractivity contribution in [1.29, 1.82) is 0 Å². The zero-order valence-corrected chi connectivity index (χ0v) is 16.4. The van der Waals surface area contributed by atoms with Crippen LogP contribution in [-0.4, -0.2) is 24.9 Å². The molecule has 1 aromatic heterocycles. The number of anilines is 1. The van der Waals surface area contributed by atoms with Crippen molar-refractivity contribution in [1.82, 2.24) is 0 Å². The second-order valence-electron chi connectivity index (χ2n) is 7.35. The van der Waals surface area contributed by atoms with Gasteiger partial charge in [-0.1, -0.05) is 20.8 Å². The van der Waals surface area contributed by atoms with Gasteiger partial charge in [0.05, 0.1) is 12.7 Å². The van der Waals surface area contributed by atoms with Crippen LogP contribution in [0.2, 0.25) is 0 Å². The number of methoxy groups -OCH3 is 1. The molecule has 1 N–H and O–H groups in total. The van der Waals surface area contributed by atoms with E-state index in [9.17, 15) is 9.59 Å². The number of alkyl halides is 1. The molecule has 4 nitrogen and oxygen atoms in total. The van der Waals surface area contributed by atoms with Gasteiger partial charge in [0.25, 0.3) is 0 Å². The van der Waals surface area contributed by atoms with E-state index in [0.29, 0.717) is 35.2 Å². The Labute approximate surface area is 152 Å². The molecule has 1 atom stereocenters. The highest BCUT2D eigenvalue weighted by Crippen LogP contribution is 2.44. The van der Waals surface area contributed by atoms with E-state index in [1.807, 2.05) is 0 Å². The Morgan fingerprint density at radius 2 is 2.08 bits per heavy atom. The molecular formula is C18H26ClNO3S. The number of ether oxygens (including phenoxy) is 1. The number of hydrogen-bond acceptors (Lipinski definition) is 4. The molecule has 0 spiro atoms. The molecule has 1 aliphatic carbocycles. The van der Waals surface area contributed by atoms with Crippen molar-refractivity contribution < 1.29 is 14.3 Å². The van der Waals surface area contributed by atoms with Gasteiger partial charge in [-0.05, 0) is 42.6 Å². The summed E-state index contributed by atoms with van der Waals surface area (Å²) >= 11 is 7.16. The summed E-state index contributed by atoms with van der Waals surface area (Å²) in [7, 11) is 1.38. The smallest absolute Gasteiger partial charge is 0.341 e. The Hall–Kier alpha value is -1.07. The maximum absolute atomic E-state index is 12.3. The van der Waals surface area contributed by atoms with Gasteiger partial charge in [-0.2, -0.15) is 0 Å². The van der Waals surface area contributed by atoms with Gasteiger partial charge in [0.15, 0.2) is 0 Å². The highest BCUT2D eigenvalue weighted by atomic mass is 35.5. The topological polar surface area (TPSA) is 55.4 Å². The highest BCUT2D eigenvalue weighted by molar-refractivity contribution is 7.17. The molecule has 0 saturated heterocycles. The van der Waals surface area contributed by atoms with Gasteiger partial charge in [0.2, 0.25) is 5.91 Å². The Morgan fingerprint density at radius 3 is 2.67 bits per heavy atom. The van der Waals surface area contributed by atoms with Crippen LogP contribution in [0.15, 0.2) is 0 Å². The van der Waals surface area contributed by atoms with Crippen molar-refractivity contribution in [3.05, 3.63) is 16.0 Å². The van der Waals surface area contributed by atoms with Crippen LogP contribution in [-0.2, 0) is 22.4 Å². The lowest BCUT2D eigenvalue weighted by Gasteiger charge is -2.33. The van der Waals surface area contributed by atoms with Crippen molar-refractivity contribution in [2.45, 2.75) is 52.9 Å². The monoisotopic (exact) mass is 371 g/mol. The third-order valence-electron chi connectivity index (χ3n) is 4.67. The first-order chi connectivity index (χ1) is 11.3. The molecule has 0 bridgehead atoms. The molecular weight excluding hydrogens is 346 g/mol. The number of esters is 1. The van der Waals surface area contributed by atoms with E-state index in [1.165, 1.54) is 23.3 Å². The summed E-state index contributed by atoms with van der Waals surface area (Å²) in [6.07, 6.45) is 3.84. The number of thiophene rings is 1. The van der Waals surface area contributed by atoms with Crippen molar-refractivity contribution in [2.75, 3.05) is 18.3 Å². The molecule has 0 fully saturated rings. The van der Waals surface area contributed by atoms with Crippen molar-refractivity contribution in [3.8, 4) is 0 Å². The fourth-order valence-electron chi connectivity index (χ4n) is 3.15. The standard InChI is InChI=1S/C18H26ClNO3S/c1-18(2,3)11-7-8-12-13(10-11)24-16(15(12)17(22)23-4)20-14(21)6-5-9-19/h11H,5-10H2,1-4H3,(H,20,21). The fraction of sp³-hybridized carbons (Fsp3) is 0.667. The van der Waals surface area contributed by atoms with Crippen molar-refractivity contribution >= 4 is 39.8 Å². The number of carbonyl (C=O) groups excluding carboxylic acids is 2. The van der Waals surface area contributed by atoms with Crippen LogP contribution in [0.5, 0.6) is 0 Å². The summed E-state index contributed by atoms with van der Waals surface area (Å²) in [6.45, 7) is 6.77. The molecule has 0 aromatic carbocycles. The van der Waals surface area contributed by atoms with Gasteiger partial charge in [-0.25, -0.2) is 4.79 Å². The first kappa shape index (κ1) is 19.3. The number of nitrogens with one attached hydrogen (secondary N) is 1. The van der Waals surface area contributed by atoms with Crippen LogP contribution in [0.1, 0.15) is 60.8 Å². The average molecular weight is 372 g/mol. The molecule has 2 rings (SSSR count). The van der Waals surface area contributed by atoms with Crippen LogP contribution < -0.4 is 5.32 Å². The lowest BCUT2D eigenvalue weighted by molar-refractivity contribution is -0.116. The van der Waals surface area contributed by atoms with Gasteiger partial charge in [0.1, 0.15) is 5.00 Å². The minimum Gasteiger partial charge on any atom is -0.465 e. The van der Waals surface area contributed by atoms with E-state index < -0.39 is 0 Å². The molecule has 6 heteroatoms. The van der Waals surface area contributed by atoms with Crippen LogP contribution in [0, 0.1) is 11.3 Å². The van der Waals surface area contributed by atoms with E-state index in [-0.39, 0.29) is 17.3 Å². The molecule has 1 aromatic rings. The third-order valence-corrected chi connectivity index (χ3v) is 6.11. The molecule has 1 amide bonds. The molecule has 1 heterocycles. The van der Waals surface area contributed by atoms with Crippen LogP contribution in [0.25, 0.3) is 0 Å². The summed E-state index contributed by atoms with van der Waals surface area (Å²) in [6, 6.07) is 0. The second kappa shape index (κ2) is 7.87. The van der Waals surface area contributed by atoms with Gasteiger partial charge in [-0.3, -0.25) is 4.79 Å². The summed E-state index contributed by atoms with van der Waals surface area (Å²) in [4.78, 5) is 25.5.